The number of carbonyl (C=O) groups excluding carboxylic acids is 1. The maximum Gasteiger partial charge on any atom is 0.345 e. The van der Waals surface area contributed by atoms with E-state index >= 15 is 0 Å². The normalized spacial score (nSPS) is 9.33. The number of nitrogens with one attached hydrogen (secondary N) is 1. The highest BCUT2D eigenvalue weighted by Crippen LogP contribution is 2.24. The molecule has 1 aromatic rings. The standard InChI is InChI=1S/C4H4N4O3S/c5-3(9)7-4-6-1-2(12-4)8(10)11/h1H,(H3,5,6,7,9). The number of aromatic nitrogens is 1. The van der Waals surface area contributed by atoms with Gasteiger partial charge in [-0.25, -0.2) is 9.78 Å². The topological polar surface area (TPSA) is 111 Å². The minimum Gasteiger partial charge on any atom is -0.351 e. The van der Waals surface area contributed by atoms with Gasteiger partial charge in [0.2, 0.25) is 0 Å². The molecule has 12 heavy (non-hydrogen) atoms. The first-order valence-corrected chi connectivity index (χ1v) is 3.58. The molecule has 1 aromatic heterocycles. The zero-order valence-electron chi connectivity index (χ0n) is 5.68. The molecule has 0 aliphatic carbocycles. The molecular weight excluding hydrogens is 184 g/mol. The number of anilines is 1. The van der Waals surface area contributed by atoms with Gasteiger partial charge in [0.1, 0.15) is 6.20 Å². The Hall–Kier alpha value is -1.70. The Balaban J connectivity index is 2.77. The minimum absolute atomic E-state index is 0.120. The molecule has 8 heteroatoms. The average molecular weight is 188 g/mol. The highest BCUT2D eigenvalue weighted by molar-refractivity contribution is 7.18. The highest BCUT2D eigenvalue weighted by Gasteiger charge is 2.11. The lowest BCUT2D eigenvalue weighted by molar-refractivity contribution is -0.380. The lowest BCUT2D eigenvalue weighted by Crippen LogP contribution is -2.18. The fourth-order valence-electron chi connectivity index (χ4n) is 0.513. The van der Waals surface area contributed by atoms with Crippen molar-refractivity contribution in [1.82, 2.24) is 4.98 Å². The number of primary amides is 1. The van der Waals surface area contributed by atoms with Crippen molar-refractivity contribution in [3.8, 4) is 0 Å². The summed E-state index contributed by atoms with van der Waals surface area (Å²) in [5, 5.41) is 12.2. The van der Waals surface area contributed by atoms with E-state index in [1.807, 2.05) is 0 Å². The van der Waals surface area contributed by atoms with E-state index in [0.717, 1.165) is 17.5 Å². The number of hydrogen-bond donors (Lipinski definition) is 2. The molecule has 64 valence electrons. The van der Waals surface area contributed by atoms with Crippen molar-refractivity contribution in [3.05, 3.63) is 16.3 Å². The molecule has 0 atom stereocenters. The van der Waals surface area contributed by atoms with Gasteiger partial charge in [-0.2, -0.15) is 0 Å². The van der Waals surface area contributed by atoms with Gasteiger partial charge in [-0.3, -0.25) is 15.4 Å². The quantitative estimate of drug-likeness (QED) is 0.521. The Bertz CT molecular complexity index is 322. The molecule has 7 nitrogen and oxygen atoms in total. The first-order valence-electron chi connectivity index (χ1n) is 2.76. The zero-order chi connectivity index (χ0) is 9.14. The van der Waals surface area contributed by atoms with E-state index in [4.69, 9.17) is 5.73 Å². The molecule has 0 aliphatic rings. The van der Waals surface area contributed by atoms with Crippen molar-refractivity contribution in [2.24, 2.45) is 5.73 Å². The summed E-state index contributed by atoms with van der Waals surface area (Å²) in [6, 6.07) is -0.792. The summed E-state index contributed by atoms with van der Waals surface area (Å²) in [4.78, 5) is 23.3. The maximum absolute atomic E-state index is 10.3. The second kappa shape index (κ2) is 3.13. The van der Waals surface area contributed by atoms with Crippen LogP contribution >= 0.6 is 11.3 Å². The van der Waals surface area contributed by atoms with Gasteiger partial charge in [0.25, 0.3) is 0 Å². The van der Waals surface area contributed by atoms with Crippen molar-refractivity contribution < 1.29 is 9.72 Å². The number of urea groups is 1. The SMILES string of the molecule is NC(=O)Nc1ncc([N+](=O)[O-])s1. The van der Waals surface area contributed by atoms with E-state index in [0.29, 0.717) is 0 Å². The molecule has 0 aliphatic heterocycles. The van der Waals surface area contributed by atoms with E-state index in [1.54, 1.807) is 0 Å². The second-order valence-electron chi connectivity index (χ2n) is 1.75. The molecular formula is C4H4N4O3S. The van der Waals surface area contributed by atoms with Gasteiger partial charge >= 0.3 is 11.0 Å². The lowest BCUT2D eigenvalue weighted by Gasteiger charge is -1.90. The molecule has 0 spiro atoms. The van der Waals surface area contributed by atoms with Gasteiger partial charge in [-0.05, 0) is 11.3 Å². The van der Waals surface area contributed by atoms with Crippen LogP contribution in [0, 0.1) is 10.1 Å². The van der Waals surface area contributed by atoms with Crippen LogP contribution in [-0.4, -0.2) is 15.9 Å². The van der Waals surface area contributed by atoms with Crippen molar-refractivity contribution in [2.75, 3.05) is 5.32 Å². The molecule has 3 N–H and O–H groups in total. The van der Waals surface area contributed by atoms with Crippen LogP contribution in [0.4, 0.5) is 14.9 Å². The number of carbonyl (C=O) groups is 1. The predicted molar refractivity (Wildman–Crippen MR) is 42.0 cm³/mol. The number of nitrogens with zero attached hydrogens (tertiary/aromatic N) is 2. The highest BCUT2D eigenvalue weighted by atomic mass is 32.1. The third-order valence-corrected chi connectivity index (χ3v) is 1.77. The molecule has 1 heterocycles. The maximum atomic E-state index is 10.3. The van der Waals surface area contributed by atoms with Gasteiger partial charge in [0.05, 0.1) is 4.92 Å². The van der Waals surface area contributed by atoms with Crippen molar-refractivity contribution in [1.29, 1.82) is 0 Å². The number of amides is 2. The Kier molecular flexibility index (Phi) is 2.19. The fourth-order valence-corrected chi connectivity index (χ4v) is 1.15. The average Bonchev–Trinajstić information content (AvgIpc) is 2.34. The van der Waals surface area contributed by atoms with Gasteiger partial charge < -0.3 is 5.73 Å². The summed E-state index contributed by atoms with van der Waals surface area (Å²) in [5.41, 5.74) is 4.76. The van der Waals surface area contributed by atoms with Crippen LogP contribution < -0.4 is 11.1 Å². The molecule has 0 aromatic carbocycles. The largest absolute Gasteiger partial charge is 0.351 e. The number of thiazole rings is 1. The number of rotatable bonds is 2. The number of nitro groups is 1. The predicted octanol–water partition coefficient (Wildman–Crippen LogP) is 0.542. The van der Waals surface area contributed by atoms with Crippen LogP contribution in [0.3, 0.4) is 0 Å². The third-order valence-electron chi connectivity index (χ3n) is 0.904. The summed E-state index contributed by atoms with van der Waals surface area (Å²) < 4.78 is 0. The Morgan fingerprint density at radius 3 is 2.92 bits per heavy atom. The number of hydrogen-bond acceptors (Lipinski definition) is 5. The van der Waals surface area contributed by atoms with Gasteiger partial charge in [-0.15, -0.1) is 0 Å². The molecule has 0 fully saturated rings. The Labute approximate surface area is 70.4 Å². The molecule has 0 saturated heterocycles. The number of nitrogens with two attached hydrogens (primary N) is 1. The fraction of sp³-hybridized carbons (Fsp3) is 0. The first-order chi connectivity index (χ1) is 5.59. The molecule has 0 radical (unpaired) electrons. The Morgan fingerprint density at radius 2 is 2.50 bits per heavy atom. The van der Waals surface area contributed by atoms with E-state index < -0.39 is 11.0 Å². The van der Waals surface area contributed by atoms with Crippen LogP contribution in [0.25, 0.3) is 0 Å². The molecule has 2 amide bonds. The van der Waals surface area contributed by atoms with Gasteiger partial charge in [0.15, 0.2) is 5.13 Å². The molecule has 0 unspecified atom stereocenters. The monoisotopic (exact) mass is 188 g/mol. The summed E-state index contributed by atoms with van der Waals surface area (Å²) >= 11 is 0.747. The van der Waals surface area contributed by atoms with E-state index in [1.165, 1.54) is 0 Å². The van der Waals surface area contributed by atoms with Crippen molar-refractivity contribution >= 4 is 27.5 Å². The minimum atomic E-state index is -0.792. The molecule has 0 saturated carbocycles. The molecule has 1 rings (SSSR count). The molecule has 0 bridgehead atoms. The van der Waals surface area contributed by atoms with Crippen LogP contribution in [-0.2, 0) is 0 Å². The Morgan fingerprint density at radius 1 is 1.83 bits per heavy atom. The van der Waals surface area contributed by atoms with Gasteiger partial charge in [-0.1, -0.05) is 0 Å². The van der Waals surface area contributed by atoms with E-state index in [2.05, 4.69) is 10.3 Å². The van der Waals surface area contributed by atoms with Crippen LogP contribution in [0.1, 0.15) is 0 Å². The summed E-state index contributed by atoms with van der Waals surface area (Å²) in [6.07, 6.45) is 1.05. The van der Waals surface area contributed by atoms with Crippen LogP contribution in [0.2, 0.25) is 0 Å². The van der Waals surface area contributed by atoms with Crippen molar-refractivity contribution in [2.45, 2.75) is 0 Å². The third kappa shape index (κ3) is 1.89. The zero-order valence-corrected chi connectivity index (χ0v) is 6.50. The van der Waals surface area contributed by atoms with Gasteiger partial charge in [0, 0.05) is 0 Å². The van der Waals surface area contributed by atoms with Crippen LogP contribution in [0.15, 0.2) is 6.20 Å². The second-order valence-corrected chi connectivity index (χ2v) is 2.76. The lowest BCUT2D eigenvalue weighted by atomic mass is 10.9. The summed E-state index contributed by atoms with van der Waals surface area (Å²) in [7, 11) is 0. The van der Waals surface area contributed by atoms with Crippen LogP contribution in [0.5, 0.6) is 0 Å². The van der Waals surface area contributed by atoms with Crippen molar-refractivity contribution in [3.63, 3.8) is 0 Å². The first kappa shape index (κ1) is 8.40. The van der Waals surface area contributed by atoms with E-state index in [-0.39, 0.29) is 10.1 Å². The van der Waals surface area contributed by atoms with E-state index in [9.17, 15) is 14.9 Å². The summed E-state index contributed by atoms with van der Waals surface area (Å²) in [5.74, 6) is 0. The summed E-state index contributed by atoms with van der Waals surface area (Å²) in [6.45, 7) is 0. The smallest absolute Gasteiger partial charge is 0.345 e.